The van der Waals surface area contributed by atoms with E-state index in [1.165, 1.54) is 6.92 Å². The Morgan fingerprint density at radius 1 is 1.39 bits per heavy atom. The first kappa shape index (κ1) is 17.8. The van der Waals surface area contributed by atoms with Crippen molar-refractivity contribution in [2.24, 2.45) is 0 Å². The Hall–Kier alpha value is -1.50. The summed E-state index contributed by atoms with van der Waals surface area (Å²) < 4.78 is 5.54. The number of carbonyl (C=O) groups excluding carboxylic acids is 2. The van der Waals surface area contributed by atoms with E-state index in [9.17, 15) is 9.59 Å². The highest BCUT2D eigenvalue weighted by Crippen LogP contribution is 2.30. The molecule has 126 valence electrons. The standard InChI is InChI=1S/C15H19Cl2N3O3/c1-9-12(16)3-4-13(14(9)17)19-15(22)18-7-11-8-20(10(2)21)5-6-23-11/h3-4,11H,5-8H2,1-2H3,(H2,18,19,22)/t11-/m0/s1. The van der Waals surface area contributed by atoms with Gasteiger partial charge in [-0.25, -0.2) is 4.79 Å². The van der Waals surface area contributed by atoms with Crippen LogP contribution in [0.5, 0.6) is 0 Å². The number of anilines is 1. The number of carbonyl (C=O) groups is 2. The zero-order chi connectivity index (χ0) is 17.0. The summed E-state index contributed by atoms with van der Waals surface area (Å²) in [5.74, 6) is 0.00572. The summed E-state index contributed by atoms with van der Waals surface area (Å²) in [6.45, 7) is 5.12. The van der Waals surface area contributed by atoms with E-state index in [4.69, 9.17) is 27.9 Å². The van der Waals surface area contributed by atoms with E-state index in [-0.39, 0.29) is 12.0 Å². The molecule has 1 aromatic carbocycles. The summed E-state index contributed by atoms with van der Waals surface area (Å²) >= 11 is 12.1. The molecule has 0 spiro atoms. The fraction of sp³-hybridized carbons (Fsp3) is 0.467. The molecule has 1 atom stereocenters. The van der Waals surface area contributed by atoms with Crippen molar-refractivity contribution in [2.45, 2.75) is 20.0 Å². The predicted octanol–water partition coefficient (Wildman–Crippen LogP) is 2.67. The van der Waals surface area contributed by atoms with Gasteiger partial charge in [0.2, 0.25) is 5.91 Å². The van der Waals surface area contributed by atoms with Gasteiger partial charge in [-0.3, -0.25) is 4.79 Å². The molecule has 0 bridgehead atoms. The van der Waals surface area contributed by atoms with Gasteiger partial charge in [0.15, 0.2) is 0 Å². The highest BCUT2D eigenvalue weighted by atomic mass is 35.5. The lowest BCUT2D eigenvalue weighted by molar-refractivity contribution is -0.136. The molecule has 1 fully saturated rings. The third-order valence-electron chi connectivity index (χ3n) is 3.64. The van der Waals surface area contributed by atoms with Crippen LogP contribution in [0.25, 0.3) is 0 Å². The number of halogens is 2. The number of hydrogen-bond donors (Lipinski definition) is 2. The number of urea groups is 1. The number of rotatable bonds is 3. The Kier molecular flexibility index (Phi) is 6.10. The van der Waals surface area contributed by atoms with Gasteiger partial charge in [-0.05, 0) is 24.6 Å². The van der Waals surface area contributed by atoms with Gasteiger partial charge in [0.1, 0.15) is 0 Å². The van der Waals surface area contributed by atoms with Gasteiger partial charge >= 0.3 is 6.03 Å². The van der Waals surface area contributed by atoms with Gasteiger partial charge in [0.25, 0.3) is 0 Å². The van der Waals surface area contributed by atoms with Gasteiger partial charge in [0, 0.05) is 31.6 Å². The van der Waals surface area contributed by atoms with Crippen LogP contribution in [0.2, 0.25) is 10.0 Å². The van der Waals surface area contributed by atoms with Crippen molar-refractivity contribution in [2.75, 3.05) is 31.6 Å². The number of amides is 3. The molecule has 1 aliphatic heterocycles. The van der Waals surface area contributed by atoms with E-state index in [0.717, 1.165) is 0 Å². The van der Waals surface area contributed by atoms with Gasteiger partial charge in [-0.15, -0.1) is 0 Å². The summed E-state index contributed by atoms with van der Waals surface area (Å²) in [6, 6.07) is 2.93. The van der Waals surface area contributed by atoms with Crippen LogP contribution in [0.15, 0.2) is 12.1 Å². The largest absolute Gasteiger partial charge is 0.373 e. The molecule has 0 radical (unpaired) electrons. The van der Waals surface area contributed by atoms with Crippen LogP contribution in [0.4, 0.5) is 10.5 Å². The number of benzene rings is 1. The van der Waals surface area contributed by atoms with Crippen molar-refractivity contribution in [3.05, 3.63) is 27.7 Å². The monoisotopic (exact) mass is 359 g/mol. The van der Waals surface area contributed by atoms with Crippen LogP contribution >= 0.6 is 23.2 Å². The first-order chi connectivity index (χ1) is 10.9. The van der Waals surface area contributed by atoms with Crippen LogP contribution in [0.1, 0.15) is 12.5 Å². The van der Waals surface area contributed by atoms with Gasteiger partial charge < -0.3 is 20.3 Å². The second-order valence-electron chi connectivity index (χ2n) is 5.33. The molecule has 2 rings (SSSR count). The minimum Gasteiger partial charge on any atom is -0.373 e. The molecular formula is C15H19Cl2N3O3. The summed E-state index contributed by atoms with van der Waals surface area (Å²) in [5, 5.41) is 6.34. The molecule has 3 amide bonds. The average Bonchev–Trinajstić information content (AvgIpc) is 2.54. The van der Waals surface area contributed by atoms with Crippen molar-refractivity contribution in [1.29, 1.82) is 0 Å². The topological polar surface area (TPSA) is 70.7 Å². The Labute approximate surface area is 145 Å². The first-order valence-electron chi connectivity index (χ1n) is 7.25. The Morgan fingerprint density at radius 3 is 2.83 bits per heavy atom. The number of nitrogens with one attached hydrogen (secondary N) is 2. The summed E-state index contributed by atoms with van der Waals surface area (Å²) in [7, 11) is 0. The molecule has 0 aromatic heterocycles. The first-order valence-corrected chi connectivity index (χ1v) is 8.00. The highest BCUT2D eigenvalue weighted by Gasteiger charge is 2.22. The third kappa shape index (κ3) is 4.73. The van der Waals surface area contributed by atoms with E-state index in [2.05, 4.69) is 10.6 Å². The Balaban J connectivity index is 1.86. The van der Waals surface area contributed by atoms with Crippen LogP contribution in [0, 0.1) is 6.92 Å². The van der Waals surface area contributed by atoms with Crippen LogP contribution in [-0.4, -0.2) is 49.2 Å². The van der Waals surface area contributed by atoms with Crippen LogP contribution in [-0.2, 0) is 9.53 Å². The van der Waals surface area contributed by atoms with E-state index in [0.29, 0.717) is 47.5 Å². The quantitative estimate of drug-likeness (QED) is 0.871. The molecule has 0 saturated carbocycles. The zero-order valence-corrected chi connectivity index (χ0v) is 14.5. The number of ether oxygens (including phenoxy) is 1. The molecule has 23 heavy (non-hydrogen) atoms. The lowest BCUT2D eigenvalue weighted by atomic mass is 10.2. The van der Waals surface area contributed by atoms with Crippen molar-refractivity contribution in [1.82, 2.24) is 10.2 Å². The molecule has 0 aliphatic carbocycles. The fourth-order valence-electron chi connectivity index (χ4n) is 2.26. The number of hydrogen-bond acceptors (Lipinski definition) is 3. The average molecular weight is 360 g/mol. The zero-order valence-electron chi connectivity index (χ0n) is 13.0. The van der Waals surface area contributed by atoms with Crippen molar-refractivity contribution >= 4 is 40.8 Å². The fourth-order valence-corrected chi connectivity index (χ4v) is 2.68. The maximum absolute atomic E-state index is 12.0. The second-order valence-corrected chi connectivity index (χ2v) is 6.11. The molecule has 1 aromatic rings. The summed E-state index contributed by atoms with van der Waals surface area (Å²) in [6.07, 6.45) is -0.221. The molecule has 1 aliphatic rings. The molecule has 6 nitrogen and oxygen atoms in total. The lowest BCUT2D eigenvalue weighted by Gasteiger charge is -2.32. The predicted molar refractivity (Wildman–Crippen MR) is 90.2 cm³/mol. The molecular weight excluding hydrogens is 341 g/mol. The second kappa shape index (κ2) is 7.86. The molecule has 0 unspecified atom stereocenters. The summed E-state index contributed by atoms with van der Waals surface area (Å²) in [4.78, 5) is 25.0. The van der Waals surface area contributed by atoms with Crippen molar-refractivity contribution < 1.29 is 14.3 Å². The van der Waals surface area contributed by atoms with E-state index in [1.54, 1.807) is 24.0 Å². The third-order valence-corrected chi connectivity index (χ3v) is 4.54. The Morgan fingerprint density at radius 2 is 2.13 bits per heavy atom. The molecule has 1 heterocycles. The SMILES string of the molecule is CC(=O)N1CCO[C@@H](CNC(=O)Nc2ccc(Cl)c(C)c2Cl)C1. The maximum atomic E-state index is 12.0. The van der Waals surface area contributed by atoms with Crippen molar-refractivity contribution in [3.8, 4) is 0 Å². The highest BCUT2D eigenvalue weighted by molar-refractivity contribution is 6.38. The summed E-state index contributed by atoms with van der Waals surface area (Å²) in [5.41, 5.74) is 1.19. The Bertz CT molecular complexity index is 610. The molecule has 8 heteroatoms. The normalized spacial score (nSPS) is 17.7. The van der Waals surface area contributed by atoms with Gasteiger partial charge in [-0.1, -0.05) is 23.2 Å². The van der Waals surface area contributed by atoms with Crippen LogP contribution in [0.3, 0.4) is 0 Å². The smallest absolute Gasteiger partial charge is 0.319 e. The number of nitrogens with zero attached hydrogens (tertiary/aromatic N) is 1. The van der Waals surface area contributed by atoms with E-state index >= 15 is 0 Å². The number of morpholine rings is 1. The van der Waals surface area contributed by atoms with E-state index in [1.807, 2.05) is 0 Å². The molecule has 2 N–H and O–H groups in total. The van der Waals surface area contributed by atoms with Gasteiger partial charge in [0.05, 0.1) is 23.4 Å². The van der Waals surface area contributed by atoms with Crippen LogP contribution < -0.4 is 10.6 Å². The van der Waals surface area contributed by atoms with E-state index < -0.39 is 6.03 Å². The van der Waals surface area contributed by atoms with Crippen molar-refractivity contribution in [3.63, 3.8) is 0 Å². The minimum absolute atomic E-state index is 0.00572. The molecule has 1 saturated heterocycles. The minimum atomic E-state index is -0.392. The van der Waals surface area contributed by atoms with Gasteiger partial charge in [-0.2, -0.15) is 0 Å². The maximum Gasteiger partial charge on any atom is 0.319 e. The lowest BCUT2D eigenvalue weighted by Crippen LogP contribution is -2.49.